The molecule has 0 fully saturated rings. The lowest BCUT2D eigenvalue weighted by Gasteiger charge is -2.37. The van der Waals surface area contributed by atoms with Gasteiger partial charge in [-0.25, -0.2) is 0 Å². The minimum Gasteiger partial charge on any atom is -0.354 e. The molecule has 3 N–H and O–H groups in total. The molecule has 3 unspecified atom stereocenters. The van der Waals surface area contributed by atoms with Crippen molar-refractivity contribution in [2.24, 2.45) is 17.6 Å². The summed E-state index contributed by atoms with van der Waals surface area (Å²) in [5.74, 6) is 0.123. The zero-order chi connectivity index (χ0) is 17.7. The van der Waals surface area contributed by atoms with Crippen LogP contribution >= 0.6 is 12.4 Å². The predicted molar refractivity (Wildman–Crippen MR) is 102 cm³/mol. The number of nitrogens with two attached hydrogens (primary N) is 1. The van der Waals surface area contributed by atoms with Crippen LogP contribution in [0.2, 0.25) is 0 Å². The second kappa shape index (κ2) is 9.78. The van der Waals surface area contributed by atoms with E-state index >= 15 is 0 Å². The topological polar surface area (TPSA) is 75.4 Å². The van der Waals surface area contributed by atoms with Crippen molar-refractivity contribution < 1.29 is 9.59 Å². The lowest BCUT2D eigenvalue weighted by molar-refractivity contribution is -0.144. The standard InChI is InChI=1S/C19H29N3O2.ClH/c1-4-14(3)19(24)22-12-16-8-6-5-7-15(16)9-17(22)18(23)21-11-13(2)10-20;/h5-8,13-14,17H,4,9-12,20H2,1-3H3,(H,21,23);1H. The molecule has 0 aliphatic carbocycles. The molecule has 1 aromatic carbocycles. The lowest BCUT2D eigenvalue weighted by atomic mass is 9.92. The highest BCUT2D eigenvalue weighted by molar-refractivity contribution is 5.89. The van der Waals surface area contributed by atoms with Gasteiger partial charge in [-0.2, -0.15) is 0 Å². The number of carbonyl (C=O) groups is 2. The van der Waals surface area contributed by atoms with Crippen LogP contribution in [0.3, 0.4) is 0 Å². The smallest absolute Gasteiger partial charge is 0.243 e. The van der Waals surface area contributed by atoms with Crippen molar-refractivity contribution in [1.82, 2.24) is 10.2 Å². The third kappa shape index (κ3) is 5.19. The summed E-state index contributed by atoms with van der Waals surface area (Å²) >= 11 is 0. The van der Waals surface area contributed by atoms with Gasteiger partial charge in [0.05, 0.1) is 0 Å². The molecule has 0 saturated heterocycles. The molecule has 1 aliphatic heterocycles. The van der Waals surface area contributed by atoms with Gasteiger partial charge in [0.1, 0.15) is 6.04 Å². The molecule has 0 aromatic heterocycles. The third-order valence-electron chi connectivity index (χ3n) is 4.90. The van der Waals surface area contributed by atoms with E-state index in [0.29, 0.717) is 26.1 Å². The normalized spacial score (nSPS) is 18.6. The summed E-state index contributed by atoms with van der Waals surface area (Å²) in [6, 6.07) is 7.61. The van der Waals surface area contributed by atoms with E-state index in [1.165, 1.54) is 0 Å². The fraction of sp³-hybridized carbons (Fsp3) is 0.579. The van der Waals surface area contributed by atoms with E-state index in [9.17, 15) is 9.59 Å². The van der Waals surface area contributed by atoms with Crippen molar-refractivity contribution in [3.05, 3.63) is 35.4 Å². The SMILES string of the molecule is CCC(C)C(=O)N1Cc2ccccc2CC1C(=O)NCC(C)CN.Cl. The van der Waals surface area contributed by atoms with Crippen molar-refractivity contribution in [2.45, 2.75) is 46.2 Å². The Morgan fingerprint density at radius 2 is 1.92 bits per heavy atom. The minimum absolute atomic E-state index is 0. The van der Waals surface area contributed by atoms with E-state index in [0.717, 1.165) is 17.5 Å². The Kier molecular flexibility index (Phi) is 8.39. The molecule has 1 aliphatic rings. The maximum Gasteiger partial charge on any atom is 0.243 e. The first-order valence-electron chi connectivity index (χ1n) is 8.82. The van der Waals surface area contributed by atoms with Crippen LogP contribution in [-0.2, 0) is 22.6 Å². The van der Waals surface area contributed by atoms with Crippen molar-refractivity contribution in [1.29, 1.82) is 0 Å². The molecule has 2 amide bonds. The fourth-order valence-corrected chi connectivity index (χ4v) is 2.92. The Morgan fingerprint density at radius 3 is 2.52 bits per heavy atom. The average molecular weight is 368 g/mol. The van der Waals surface area contributed by atoms with Crippen LogP contribution in [0.15, 0.2) is 24.3 Å². The van der Waals surface area contributed by atoms with E-state index in [1.54, 1.807) is 4.90 Å². The maximum absolute atomic E-state index is 12.8. The van der Waals surface area contributed by atoms with Gasteiger partial charge in [-0.3, -0.25) is 9.59 Å². The maximum atomic E-state index is 12.8. The van der Waals surface area contributed by atoms with Crippen LogP contribution in [0.25, 0.3) is 0 Å². The number of amides is 2. The number of nitrogens with one attached hydrogen (secondary N) is 1. The fourth-order valence-electron chi connectivity index (χ4n) is 2.92. The summed E-state index contributed by atoms with van der Waals surface area (Å²) in [4.78, 5) is 27.2. The number of halogens is 1. The number of hydrogen-bond donors (Lipinski definition) is 2. The average Bonchev–Trinajstić information content (AvgIpc) is 2.63. The molecular formula is C19H30ClN3O2. The van der Waals surface area contributed by atoms with Crippen LogP contribution in [0.1, 0.15) is 38.3 Å². The quantitative estimate of drug-likeness (QED) is 0.808. The first-order chi connectivity index (χ1) is 11.5. The van der Waals surface area contributed by atoms with Gasteiger partial charge in [-0.1, -0.05) is 45.0 Å². The van der Waals surface area contributed by atoms with Crippen molar-refractivity contribution >= 4 is 24.2 Å². The summed E-state index contributed by atoms with van der Waals surface area (Å²) in [6.07, 6.45) is 1.34. The lowest BCUT2D eigenvalue weighted by Crippen LogP contribution is -2.54. The number of hydrogen-bond acceptors (Lipinski definition) is 3. The minimum atomic E-state index is -0.439. The highest BCUT2D eigenvalue weighted by Gasteiger charge is 2.35. The number of benzene rings is 1. The molecule has 5 nitrogen and oxygen atoms in total. The molecule has 3 atom stereocenters. The van der Waals surface area contributed by atoms with Gasteiger partial charge in [-0.05, 0) is 30.0 Å². The molecule has 0 saturated carbocycles. The number of carbonyl (C=O) groups excluding carboxylic acids is 2. The van der Waals surface area contributed by atoms with E-state index in [1.807, 2.05) is 45.0 Å². The zero-order valence-corrected chi connectivity index (χ0v) is 16.1. The Labute approximate surface area is 156 Å². The molecule has 0 radical (unpaired) electrons. The molecule has 0 spiro atoms. The highest BCUT2D eigenvalue weighted by atomic mass is 35.5. The van der Waals surface area contributed by atoms with Crippen molar-refractivity contribution in [2.75, 3.05) is 13.1 Å². The second-order valence-corrected chi connectivity index (χ2v) is 6.85. The van der Waals surface area contributed by atoms with Crippen molar-refractivity contribution in [3.8, 4) is 0 Å². The van der Waals surface area contributed by atoms with Gasteiger partial charge in [0.15, 0.2) is 0 Å². The molecule has 2 rings (SSSR count). The summed E-state index contributed by atoms with van der Waals surface area (Å²) < 4.78 is 0. The Bertz CT molecular complexity index is 594. The van der Waals surface area contributed by atoms with Crippen LogP contribution in [0.4, 0.5) is 0 Å². The first kappa shape index (κ1) is 21.5. The van der Waals surface area contributed by atoms with Crippen LogP contribution in [-0.4, -0.2) is 35.8 Å². The summed E-state index contributed by atoms with van der Waals surface area (Å²) in [7, 11) is 0. The Morgan fingerprint density at radius 1 is 1.28 bits per heavy atom. The molecule has 1 heterocycles. The van der Waals surface area contributed by atoms with Crippen LogP contribution in [0, 0.1) is 11.8 Å². The largest absolute Gasteiger partial charge is 0.354 e. The van der Waals surface area contributed by atoms with Gasteiger partial charge in [-0.15, -0.1) is 12.4 Å². The number of rotatable bonds is 6. The molecular weight excluding hydrogens is 338 g/mol. The predicted octanol–water partition coefficient (Wildman–Crippen LogP) is 2.12. The summed E-state index contributed by atoms with van der Waals surface area (Å²) in [6.45, 7) is 7.50. The van der Waals surface area contributed by atoms with Crippen LogP contribution in [0.5, 0.6) is 0 Å². The number of nitrogens with zero attached hydrogens (tertiary/aromatic N) is 1. The van der Waals surface area contributed by atoms with E-state index in [2.05, 4.69) is 5.32 Å². The molecule has 0 bridgehead atoms. The van der Waals surface area contributed by atoms with E-state index < -0.39 is 6.04 Å². The van der Waals surface area contributed by atoms with Gasteiger partial charge in [0, 0.05) is 25.4 Å². The summed E-state index contributed by atoms with van der Waals surface area (Å²) in [5, 5.41) is 2.96. The van der Waals surface area contributed by atoms with Gasteiger partial charge < -0.3 is 16.0 Å². The molecule has 140 valence electrons. The second-order valence-electron chi connectivity index (χ2n) is 6.85. The first-order valence-corrected chi connectivity index (χ1v) is 8.82. The zero-order valence-electron chi connectivity index (χ0n) is 15.3. The highest BCUT2D eigenvalue weighted by Crippen LogP contribution is 2.25. The van der Waals surface area contributed by atoms with Gasteiger partial charge in [0.2, 0.25) is 11.8 Å². The molecule has 25 heavy (non-hydrogen) atoms. The molecule has 1 aromatic rings. The van der Waals surface area contributed by atoms with Crippen LogP contribution < -0.4 is 11.1 Å². The van der Waals surface area contributed by atoms with Gasteiger partial charge in [0.25, 0.3) is 0 Å². The summed E-state index contributed by atoms with van der Waals surface area (Å²) in [5.41, 5.74) is 7.90. The number of fused-ring (bicyclic) bond motifs is 1. The van der Waals surface area contributed by atoms with E-state index in [-0.39, 0.29) is 36.1 Å². The third-order valence-corrected chi connectivity index (χ3v) is 4.90. The van der Waals surface area contributed by atoms with E-state index in [4.69, 9.17) is 5.73 Å². The Hall–Kier alpha value is -1.59. The molecule has 6 heteroatoms. The monoisotopic (exact) mass is 367 g/mol. The van der Waals surface area contributed by atoms with Crippen molar-refractivity contribution in [3.63, 3.8) is 0 Å². The van der Waals surface area contributed by atoms with Gasteiger partial charge >= 0.3 is 0 Å². The Balaban J connectivity index is 0.00000312.